The van der Waals surface area contributed by atoms with Crippen LogP contribution in [-0.4, -0.2) is 17.1 Å². The summed E-state index contributed by atoms with van der Waals surface area (Å²) in [6.45, 7) is 16.8. The first-order valence-corrected chi connectivity index (χ1v) is 9.21. The van der Waals surface area contributed by atoms with E-state index in [4.69, 9.17) is 4.98 Å². The average molecular weight is 311 g/mol. The summed E-state index contributed by atoms with van der Waals surface area (Å²) in [5.74, 6) is 0. The van der Waals surface area contributed by atoms with Gasteiger partial charge in [-0.25, -0.2) is 4.98 Å². The lowest BCUT2D eigenvalue weighted by Gasteiger charge is -2.36. The molecule has 1 aromatic heterocycles. The first-order chi connectivity index (χ1) is 9.71. The smallest absolute Gasteiger partial charge is 0.0936 e. The number of hydrogen-bond donors (Lipinski definition) is 1. The second kappa shape index (κ2) is 7.73. The van der Waals surface area contributed by atoms with E-state index in [0.717, 1.165) is 13.0 Å². The van der Waals surface area contributed by atoms with E-state index in [2.05, 4.69) is 53.8 Å². The molecule has 1 rings (SSSR count). The van der Waals surface area contributed by atoms with Gasteiger partial charge < -0.3 is 5.32 Å². The monoisotopic (exact) mass is 310 g/mol. The second-order valence-corrected chi connectivity index (χ2v) is 8.77. The highest BCUT2D eigenvalue weighted by atomic mass is 32.1. The van der Waals surface area contributed by atoms with E-state index in [1.54, 1.807) is 0 Å². The molecule has 0 radical (unpaired) electrons. The molecule has 21 heavy (non-hydrogen) atoms. The minimum absolute atomic E-state index is 0.182. The van der Waals surface area contributed by atoms with Gasteiger partial charge in [0.15, 0.2) is 0 Å². The van der Waals surface area contributed by atoms with Crippen molar-refractivity contribution in [3.8, 4) is 0 Å². The van der Waals surface area contributed by atoms with Crippen LogP contribution in [0.3, 0.4) is 0 Å². The number of hydrogen-bond acceptors (Lipinski definition) is 3. The highest BCUT2D eigenvalue weighted by molar-refractivity contribution is 7.11. The standard InChI is InChI=1S/C18H34N2S/c1-8-10-11-18(9-2,13-19-17(5,6)7)12-16-20-14(3)15(4)21-16/h19H,8-13H2,1-7H3. The molecule has 0 saturated heterocycles. The Morgan fingerprint density at radius 1 is 1.14 bits per heavy atom. The number of aromatic nitrogens is 1. The van der Waals surface area contributed by atoms with Crippen LogP contribution in [0, 0.1) is 19.3 Å². The number of rotatable bonds is 8. The number of aryl methyl sites for hydroxylation is 2. The van der Waals surface area contributed by atoms with E-state index in [9.17, 15) is 0 Å². The fraction of sp³-hybridized carbons (Fsp3) is 0.833. The second-order valence-electron chi connectivity index (χ2n) is 7.49. The van der Waals surface area contributed by atoms with Crippen LogP contribution in [0.25, 0.3) is 0 Å². The van der Waals surface area contributed by atoms with Crippen LogP contribution in [0.4, 0.5) is 0 Å². The predicted octanol–water partition coefficient (Wildman–Crippen LogP) is 5.28. The number of thiazole rings is 1. The number of unbranched alkanes of at least 4 members (excludes halogenated alkanes) is 1. The van der Waals surface area contributed by atoms with Crippen molar-refractivity contribution in [2.75, 3.05) is 6.54 Å². The molecule has 0 aliphatic rings. The summed E-state index contributed by atoms with van der Waals surface area (Å²) in [5.41, 5.74) is 1.74. The molecule has 0 aliphatic carbocycles. The summed E-state index contributed by atoms with van der Waals surface area (Å²) < 4.78 is 0. The van der Waals surface area contributed by atoms with Crippen molar-refractivity contribution in [2.45, 2.75) is 86.1 Å². The molecule has 0 bridgehead atoms. The molecule has 0 amide bonds. The molecule has 1 unspecified atom stereocenters. The molecule has 0 saturated carbocycles. The first kappa shape index (κ1) is 18.6. The Morgan fingerprint density at radius 3 is 2.24 bits per heavy atom. The van der Waals surface area contributed by atoms with E-state index in [0.29, 0.717) is 5.41 Å². The van der Waals surface area contributed by atoms with Crippen LogP contribution in [0.2, 0.25) is 0 Å². The van der Waals surface area contributed by atoms with Gasteiger partial charge in [-0.05, 0) is 52.9 Å². The van der Waals surface area contributed by atoms with Crippen LogP contribution < -0.4 is 5.32 Å². The van der Waals surface area contributed by atoms with Gasteiger partial charge in [0.1, 0.15) is 0 Å². The maximum atomic E-state index is 4.79. The van der Waals surface area contributed by atoms with E-state index in [1.165, 1.54) is 41.3 Å². The average Bonchev–Trinajstić information content (AvgIpc) is 2.71. The molecule has 3 heteroatoms. The molecule has 1 atom stereocenters. The van der Waals surface area contributed by atoms with Gasteiger partial charge in [0, 0.05) is 23.4 Å². The molecule has 0 fully saturated rings. The van der Waals surface area contributed by atoms with Gasteiger partial charge in [0.05, 0.1) is 10.7 Å². The Balaban J connectivity index is 2.87. The maximum Gasteiger partial charge on any atom is 0.0936 e. The van der Waals surface area contributed by atoms with Crippen LogP contribution in [-0.2, 0) is 6.42 Å². The van der Waals surface area contributed by atoms with Crippen LogP contribution in [0.5, 0.6) is 0 Å². The summed E-state index contributed by atoms with van der Waals surface area (Å²) in [6.07, 6.45) is 6.20. The zero-order valence-electron chi connectivity index (χ0n) is 15.1. The number of nitrogens with one attached hydrogen (secondary N) is 1. The van der Waals surface area contributed by atoms with Gasteiger partial charge >= 0.3 is 0 Å². The van der Waals surface area contributed by atoms with Gasteiger partial charge in [-0.1, -0.05) is 26.7 Å². The summed E-state index contributed by atoms with van der Waals surface area (Å²) in [4.78, 5) is 6.16. The van der Waals surface area contributed by atoms with Crippen molar-refractivity contribution in [3.63, 3.8) is 0 Å². The highest BCUT2D eigenvalue weighted by Crippen LogP contribution is 2.35. The number of nitrogens with zero attached hydrogens (tertiary/aromatic N) is 1. The third kappa shape index (κ3) is 6.07. The van der Waals surface area contributed by atoms with Crippen molar-refractivity contribution >= 4 is 11.3 Å². The van der Waals surface area contributed by atoms with Crippen LogP contribution >= 0.6 is 11.3 Å². The third-order valence-electron chi connectivity index (χ3n) is 4.40. The molecule has 1 heterocycles. The zero-order chi connectivity index (χ0) is 16.1. The fourth-order valence-electron chi connectivity index (χ4n) is 2.61. The molecule has 1 aromatic rings. The van der Waals surface area contributed by atoms with Gasteiger partial charge in [-0.3, -0.25) is 0 Å². The Labute approximate surface area is 135 Å². The summed E-state index contributed by atoms with van der Waals surface area (Å²) in [5, 5.41) is 5.06. The minimum atomic E-state index is 0.182. The van der Waals surface area contributed by atoms with Gasteiger partial charge in [-0.2, -0.15) is 0 Å². The highest BCUT2D eigenvalue weighted by Gasteiger charge is 2.30. The molecule has 0 spiro atoms. The van der Waals surface area contributed by atoms with Gasteiger partial charge in [0.25, 0.3) is 0 Å². The summed E-state index contributed by atoms with van der Waals surface area (Å²) >= 11 is 1.88. The largest absolute Gasteiger partial charge is 0.312 e. The normalized spacial score (nSPS) is 15.2. The van der Waals surface area contributed by atoms with Gasteiger partial charge in [0.2, 0.25) is 0 Å². The van der Waals surface area contributed by atoms with Crippen molar-refractivity contribution in [1.29, 1.82) is 0 Å². The van der Waals surface area contributed by atoms with E-state index < -0.39 is 0 Å². The molecule has 1 N–H and O–H groups in total. The summed E-state index contributed by atoms with van der Waals surface area (Å²) in [6, 6.07) is 0. The minimum Gasteiger partial charge on any atom is -0.312 e. The molecule has 0 aliphatic heterocycles. The van der Waals surface area contributed by atoms with Crippen LogP contribution in [0.15, 0.2) is 0 Å². The Morgan fingerprint density at radius 2 is 1.81 bits per heavy atom. The Kier molecular flexibility index (Phi) is 6.86. The van der Waals surface area contributed by atoms with E-state index in [1.807, 2.05) is 11.3 Å². The molecular formula is C18H34N2S. The Bertz CT molecular complexity index is 411. The fourth-order valence-corrected chi connectivity index (χ4v) is 3.71. The zero-order valence-corrected chi connectivity index (χ0v) is 15.9. The predicted molar refractivity (Wildman–Crippen MR) is 95.3 cm³/mol. The lowest BCUT2D eigenvalue weighted by molar-refractivity contribution is 0.206. The quantitative estimate of drug-likeness (QED) is 0.707. The van der Waals surface area contributed by atoms with Crippen LogP contribution in [0.1, 0.15) is 75.9 Å². The van der Waals surface area contributed by atoms with E-state index in [-0.39, 0.29) is 5.54 Å². The molecule has 0 aromatic carbocycles. The molecule has 122 valence electrons. The lowest BCUT2D eigenvalue weighted by Crippen LogP contribution is -2.44. The topological polar surface area (TPSA) is 24.9 Å². The molecular weight excluding hydrogens is 276 g/mol. The summed E-state index contributed by atoms with van der Waals surface area (Å²) in [7, 11) is 0. The van der Waals surface area contributed by atoms with Crippen molar-refractivity contribution in [3.05, 3.63) is 15.6 Å². The van der Waals surface area contributed by atoms with Crippen molar-refractivity contribution in [1.82, 2.24) is 10.3 Å². The third-order valence-corrected chi connectivity index (χ3v) is 5.48. The SMILES string of the molecule is CCCCC(CC)(CNC(C)(C)C)Cc1nc(C)c(C)s1. The first-order valence-electron chi connectivity index (χ1n) is 8.39. The lowest BCUT2D eigenvalue weighted by atomic mass is 9.77. The molecule has 2 nitrogen and oxygen atoms in total. The Hall–Kier alpha value is -0.410. The van der Waals surface area contributed by atoms with E-state index >= 15 is 0 Å². The maximum absolute atomic E-state index is 4.79. The van der Waals surface area contributed by atoms with Crippen molar-refractivity contribution in [2.24, 2.45) is 5.41 Å². The van der Waals surface area contributed by atoms with Crippen molar-refractivity contribution < 1.29 is 0 Å². The van der Waals surface area contributed by atoms with Gasteiger partial charge in [-0.15, -0.1) is 11.3 Å².